The number of rotatable bonds is 2. The third kappa shape index (κ3) is 3.76. The predicted molar refractivity (Wildman–Crippen MR) is 70.7 cm³/mol. The van der Waals surface area contributed by atoms with E-state index >= 15 is 0 Å². The molecule has 0 saturated heterocycles. The Hall–Kier alpha value is -0.0400. The zero-order valence-corrected chi connectivity index (χ0v) is 11.2. The van der Waals surface area contributed by atoms with Gasteiger partial charge in [-0.05, 0) is 37.5 Å². The molecule has 1 N–H and O–H groups in total. The Morgan fingerprint density at radius 1 is 0.812 bits per heavy atom. The SMILES string of the molecule is CC1(C)CCCC(NC2CCCCCC2)C1. The minimum absolute atomic E-state index is 0.584. The van der Waals surface area contributed by atoms with Gasteiger partial charge < -0.3 is 5.32 Å². The van der Waals surface area contributed by atoms with Crippen molar-refractivity contribution >= 4 is 0 Å². The molecule has 94 valence electrons. The minimum Gasteiger partial charge on any atom is -0.311 e. The van der Waals surface area contributed by atoms with Crippen LogP contribution in [0.3, 0.4) is 0 Å². The van der Waals surface area contributed by atoms with Gasteiger partial charge in [0.2, 0.25) is 0 Å². The highest BCUT2D eigenvalue weighted by atomic mass is 15.0. The van der Waals surface area contributed by atoms with Gasteiger partial charge in [0.1, 0.15) is 0 Å². The molecule has 2 fully saturated rings. The monoisotopic (exact) mass is 223 g/mol. The molecule has 1 heteroatoms. The predicted octanol–water partition coefficient (Wildman–Crippen LogP) is 4.27. The molecular weight excluding hydrogens is 194 g/mol. The summed E-state index contributed by atoms with van der Waals surface area (Å²) in [5.74, 6) is 0. The summed E-state index contributed by atoms with van der Waals surface area (Å²) in [6, 6.07) is 1.65. The maximum atomic E-state index is 3.95. The van der Waals surface area contributed by atoms with Gasteiger partial charge in [-0.1, -0.05) is 46.0 Å². The second kappa shape index (κ2) is 5.53. The van der Waals surface area contributed by atoms with Gasteiger partial charge in [0.25, 0.3) is 0 Å². The lowest BCUT2D eigenvalue weighted by atomic mass is 9.75. The van der Waals surface area contributed by atoms with E-state index < -0.39 is 0 Å². The highest BCUT2D eigenvalue weighted by molar-refractivity contribution is 4.85. The van der Waals surface area contributed by atoms with E-state index in [1.54, 1.807) is 0 Å². The quantitative estimate of drug-likeness (QED) is 0.689. The summed E-state index contributed by atoms with van der Waals surface area (Å²) in [5.41, 5.74) is 0.584. The van der Waals surface area contributed by atoms with E-state index in [4.69, 9.17) is 0 Å². The topological polar surface area (TPSA) is 12.0 Å². The van der Waals surface area contributed by atoms with Crippen LogP contribution in [0.2, 0.25) is 0 Å². The normalized spacial score (nSPS) is 32.2. The molecule has 0 spiro atoms. The van der Waals surface area contributed by atoms with Crippen LogP contribution >= 0.6 is 0 Å². The van der Waals surface area contributed by atoms with E-state index in [9.17, 15) is 0 Å². The molecule has 0 aromatic heterocycles. The van der Waals surface area contributed by atoms with Crippen LogP contribution in [0.1, 0.15) is 78.1 Å². The minimum atomic E-state index is 0.584. The average Bonchev–Trinajstić information content (AvgIpc) is 2.45. The van der Waals surface area contributed by atoms with Crippen molar-refractivity contribution in [1.29, 1.82) is 0 Å². The molecule has 1 atom stereocenters. The van der Waals surface area contributed by atoms with Crippen LogP contribution < -0.4 is 5.32 Å². The lowest BCUT2D eigenvalue weighted by Crippen LogP contribution is -2.42. The summed E-state index contributed by atoms with van der Waals surface area (Å²) in [6.45, 7) is 4.88. The van der Waals surface area contributed by atoms with Crippen molar-refractivity contribution in [2.75, 3.05) is 0 Å². The molecule has 1 nitrogen and oxygen atoms in total. The largest absolute Gasteiger partial charge is 0.311 e. The van der Waals surface area contributed by atoms with Gasteiger partial charge in [0.15, 0.2) is 0 Å². The van der Waals surface area contributed by atoms with Crippen molar-refractivity contribution in [3.63, 3.8) is 0 Å². The van der Waals surface area contributed by atoms with Crippen LogP contribution in [-0.4, -0.2) is 12.1 Å². The van der Waals surface area contributed by atoms with Crippen molar-refractivity contribution in [3.05, 3.63) is 0 Å². The smallest absolute Gasteiger partial charge is 0.00747 e. The first-order valence-corrected chi connectivity index (χ1v) is 7.42. The summed E-state index contributed by atoms with van der Waals surface area (Å²) in [6.07, 6.45) is 14.4. The van der Waals surface area contributed by atoms with E-state index in [1.807, 2.05) is 0 Å². The van der Waals surface area contributed by atoms with Gasteiger partial charge in [-0.15, -0.1) is 0 Å². The second-order valence-corrected chi connectivity index (χ2v) is 6.81. The molecule has 16 heavy (non-hydrogen) atoms. The number of hydrogen-bond donors (Lipinski definition) is 1. The van der Waals surface area contributed by atoms with Crippen molar-refractivity contribution < 1.29 is 0 Å². The summed E-state index contributed by atoms with van der Waals surface area (Å²) in [4.78, 5) is 0. The second-order valence-electron chi connectivity index (χ2n) is 6.81. The third-order valence-corrected chi connectivity index (χ3v) is 4.53. The number of nitrogens with one attached hydrogen (secondary N) is 1. The molecule has 0 aromatic rings. The van der Waals surface area contributed by atoms with E-state index in [0.29, 0.717) is 5.41 Å². The lowest BCUT2D eigenvalue weighted by molar-refractivity contribution is 0.185. The first-order chi connectivity index (χ1) is 7.66. The molecular formula is C15H29N. The van der Waals surface area contributed by atoms with Crippen molar-refractivity contribution in [1.82, 2.24) is 5.32 Å². The third-order valence-electron chi connectivity index (χ3n) is 4.53. The summed E-state index contributed by atoms with van der Waals surface area (Å²) >= 11 is 0. The van der Waals surface area contributed by atoms with Crippen LogP contribution in [0.15, 0.2) is 0 Å². The Kier molecular flexibility index (Phi) is 4.29. The summed E-state index contributed by atoms with van der Waals surface area (Å²) < 4.78 is 0. The fraction of sp³-hybridized carbons (Fsp3) is 1.00. The Morgan fingerprint density at radius 3 is 2.06 bits per heavy atom. The van der Waals surface area contributed by atoms with Crippen molar-refractivity contribution in [2.45, 2.75) is 90.1 Å². The van der Waals surface area contributed by atoms with Gasteiger partial charge in [-0.25, -0.2) is 0 Å². The van der Waals surface area contributed by atoms with Crippen LogP contribution in [0.5, 0.6) is 0 Å². The zero-order valence-electron chi connectivity index (χ0n) is 11.2. The van der Waals surface area contributed by atoms with Crippen molar-refractivity contribution in [2.24, 2.45) is 5.41 Å². The van der Waals surface area contributed by atoms with Gasteiger partial charge in [0.05, 0.1) is 0 Å². The van der Waals surface area contributed by atoms with E-state index in [-0.39, 0.29) is 0 Å². The molecule has 0 amide bonds. The molecule has 2 rings (SSSR count). The molecule has 2 saturated carbocycles. The Morgan fingerprint density at radius 2 is 1.44 bits per heavy atom. The molecule has 1 unspecified atom stereocenters. The highest BCUT2D eigenvalue weighted by Crippen LogP contribution is 2.35. The molecule has 0 heterocycles. The zero-order chi connectivity index (χ0) is 11.4. The maximum absolute atomic E-state index is 3.95. The molecule has 0 radical (unpaired) electrons. The van der Waals surface area contributed by atoms with Gasteiger partial charge in [-0.2, -0.15) is 0 Å². The Balaban J connectivity index is 1.79. The molecule has 0 bridgehead atoms. The van der Waals surface area contributed by atoms with Crippen LogP contribution in [0.25, 0.3) is 0 Å². The fourth-order valence-electron chi connectivity index (χ4n) is 3.62. The Bertz CT molecular complexity index is 201. The van der Waals surface area contributed by atoms with Gasteiger partial charge >= 0.3 is 0 Å². The summed E-state index contributed by atoms with van der Waals surface area (Å²) in [5, 5.41) is 3.95. The molecule has 2 aliphatic rings. The first-order valence-electron chi connectivity index (χ1n) is 7.42. The summed E-state index contributed by atoms with van der Waals surface area (Å²) in [7, 11) is 0. The van der Waals surface area contributed by atoms with E-state index in [2.05, 4.69) is 19.2 Å². The van der Waals surface area contributed by atoms with Gasteiger partial charge in [-0.3, -0.25) is 0 Å². The Labute approximate surface area is 101 Å². The lowest BCUT2D eigenvalue weighted by Gasteiger charge is -2.37. The average molecular weight is 223 g/mol. The van der Waals surface area contributed by atoms with E-state index in [1.165, 1.54) is 64.2 Å². The van der Waals surface area contributed by atoms with Crippen LogP contribution in [-0.2, 0) is 0 Å². The van der Waals surface area contributed by atoms with E-state index in [0.717, 1.165) is 12.1 Å². The maximum Gasteiger partial charge on any atom is 0.00747 e. The molecule has 0 aromatic carbocycles. The van der Waals surface area contributed by atoms with Crippen molar-refractivity contribution in [3.8, 4) is 0 Å². The standard InChI is InChI=1S/C15H29N/c1-15(2)11-7-10-14(12-15)16-13-8-5-3-4-6-9-13/h13-14,16H,3-12H2,1-2H3. The first kappa shape index (κ1) is 12.4. The van der Waals surface area contributed by atoms with Crippen LogP contribution in [0, 0.1) is 5.41 Å². The van der Waals surface area contributed by atoms with Gasteiger partial charge in [0, 0.05) is 12.1 Å². The highest BCUT2D eigenvalue weighted by Gasteiger charge is 2.29. The van der Waals surface area contributed by atoms with Crippen LogP contribution in [0.4, 0.5) is 0 Å². The number of hydrogen-bond acceptors (Lipinski definition) is 1. The molecule has 0 aliphatic heterocycles. The molecule has 2 aliphatic carbocycles. The fourth-order valence-corrected chi connectivity index (χ4v) is 3.62.